The number of allylic oxidation sites excluding steroid dienone is 2. The molecular weight excluding hydrogens is 218 g/mol. The van der Waals surface area contributed by atoms with Crippen LogP contribution >= 0.6 is 0 Å². The Morgan fingerprint density at radius 1 is 1.24 bits per heavy atom. The van der Waals surface area contributed by atoms with Gasteiger partial charge in [-0.05, 0) is 29.8 Å². The number of nitrogens with zero attached hydrogens (tertiary/aromatic N) is 1. The molecule has 0 aliphatic carbocycles. The van der Waals surface area contributed by atoms with Crippen molar-refractivity contribution < 1.29 is 9.66 Å². The van der Waals surface area contributed by atoms with Crippen molar-refractivity contribution in [2.24, 2.45) is 0 Å². The average molecular weight is 229 g/mol. The van der Waals surface area contributed by atoms with Crippen molar-refractivity contribution in [2.45, 2.75) is 0 Å². The number of nitro groups is 1. The molecule has 0 aliphatic rings. The molecule has 0 spiro atoms. The van der Waals surface area contributed by atoms with Gasteiger partial charge >= 0.3 is 0 Å². The zero-order valence-electron chi connectivity index (χ0n) is 9.29. The lowest BCUT2D eigenvalue weighted by Crippen LogP contribution is -1.81. The number of methoxy groups -OCH3 is 1. The third-order valence-corrected chi connectivity index (χ3v) is 1.84. The molecule has 0 bridgehead atoms. The van der Waals surface area contributed by atoms with Gasteiger partial charge in [-0.15, -0.1) is 0 Å². The Labute approximate surface area is 99.4 Å². The van der Waals surface area contributed by atoms with Crippen LogP contribution < -0.4 is 4.74 Å². The Morgan fingerprint density at radius 2 is 1.88 bits per heavy atom. The molecule has 0 saturated heterocycles. The predicted molar refractivity (Wildman–Crippen MR) is 65.9 cm³/mol. The molecule has 0 aromatic heterocycles. The fourth-order valence-electron chi connectivity index (χ4n) is 1.05. The SMILES string of the molecule is COc1ccc(/C=C/C#C/C=C/[N+](=O)[O-])cc1. The lowest BCUT2D eigenvalue weighted by molar-refractivity contribution is -0.402. The predicted octanol–water partition coefficient (Wildman–Crippen LogP) is 2.50. The van der Waals surface area contributed by atoms with Crippen LogP contribution in [0, 0.1) is 22.0 Å². The van der Waals surface area contributed by atoms with Crippen molar-refractivity contribution in [1.82, 2.24) is 0 Å². The topological polar surface area (TPSA) is 52.4 Å². The van der Waals surface area contributed by atoms with Gasteiger partial charge in [0.15, 0.2) is 0 Å². The third-order valence-electron chi connectivity index (χ3n) is 1.84. The molecule has 0 fully saturated rings. The van der Waals surface area contributed by atoms with Gasteiger partial charge in [0.1, 0.15) is 5.75 Å². The smallest absolute Gasteiger partial charge is 0.242 e. The number of hydrogen-bond acceptors (Lipinski definition) is 3. The lowest BCUT2D eigenvalue weighted by atomic mass is 10.2. The zero-order chi connectivity index (χ0) is 12.5. The molecule has 0 N–H and O–H groups in total. The van der Waals surface area contributed by atoms with Crippen molar-refractivity contribution in [1.29, 1.82) is 0 Å². The number of rotatable bonds is 3. The van der Waals surface area contributed by atoms with E-state index < -0.39 is 4.92 Å². The highest BCUT2D eigenvalue weighted by Gasteiger charge is 1.88. The summed E-state index contributed by atoms with van der Waals surface area (Å²) >= 11 is 0. The molecular formula is C13H11NO3. The van der Waals surface area contributed by atoms with Crippen LogP contribution in [0.3, 0.4) is 0 Å². The minimum absolute atomic E-state index is 0.554. The summed E-state index contributed by atoms with van der Waals surface area (Å²) in [5, 5.41) is 9.93. The molecule has 0 saturated carbocycles. The fraction of sp³-hybridized carbons (Fsp3) is 0.0769. The maximum absolute atomic E-state index is 9.93. The average Bonchev–Trinajstić information content (AvgIpc) is 2.34. The van der Waals surface area contributed by atoms with Crippen molar-refractivity contribution in [3.63, 3.8) is 0 Å². The van der Waals surface area contributed by atoms with Crippen LogP contribution in [0.25, 0.3) is 6.08 Å². The summed E-state index contributed by atoms with van der Waals surface area (Å²) in [7, 11) is 1.61. The highest BCUT2D eigenvalue weighted by Crippen LogP contribution is 2.11. The van der Waals surface area contributed by atoms with Crippen LogP contribution in [0.1, 0.15) is 5.56 Å². The first-order chi connectivity index (χ1) is 8.22. The quantitative estimate of drug-likeness (QED) is 0.454. The largest absolute Gasteiger partial charge is 0.497 e. The van der Waals surface area contributed by atoms with E-state index in [2.05, 4.69) is 11.8 Å². The molecule has 0 radical (unpaired) electrons. The highest BCUT2D eigenvalue weighted by atomic mass is 16.6. The lowest BCUT2D eigenvalue weighted by Gasteiger charge is -1.98. The number of ether oxygens (including phenoxy) is 1. The van der Waals surface area contributed by atoms with Crippen LogP contribution in [0.5, 0.6) is 5.75 Å². The van der Waals surface area contributed by atoms with Gasteiger partial charge in [0.25, 0.3) is 0 Å². The second kappa shape index (κ2) is 6.85. The first-order valence-corrected chi connectivity index (χ1v) is 4.84. The molecule has 0 atom stereocenters. The van der Waals surface area contributed by atoms with Crippen LogP contribution in [-0.4, -0.2) is 12.0 Å². The van der Waals surface area contributed by atoms with E-state index in [0.29, 0.717) is 0 Å². The summed E-state index contributed by atoms with van der Waals surface area (Å²) in [5.74, 6) is 5.98. The monoisotopic (exact) mass is 229 g/mol. The summed E-state index contributed by atoms with van der Waals surface area (Å²) in [5.41, 5.74) is 0.985. The van der Waals surface area contributed by atoms with Gasteiger partial charge in [-0.25, -0.2) is 0 Å². The van der Waals surface area contributed by atoms with E-state index in [1.807, 2.05) is 30.3 Å². The van der Waals surface area contributed by atoms with E-state index in [0.717, 1.165) is 17.5 Å². The summed E-state index contributed by atoms with van der Waals surface area (Å²) in [6.45, 7) is 0. The minimum atomic E-state index is -0.554. The second-order valence-electron chi connectivity index (χ2n) is 3.00. The van der Waals surface area contributed by atoms with Crippen LogP contribution in [0.2, 0.25) is 0 Å². The molecule has 1 aromatic rings. The normalized spacial score (nSPS) is 10.2. The molecule has 0 aliphatic heterocycles. The van der Waals surface area contributed by atoms with E-state index in [1.165, 1.54) is 6.08 Å². The van der Waals surface area contributed by atoms with E-state index in [4.69, 9.17) is 4.74 Å². The van der Waals surface area contributed by atoms with Gasteiger partial charge < -0.3 is 4.74 Å². The molecule has 0 amide bonds. The maximum atomic E-state index is 9.93. The first kappa shape index (κ1) is 12.5. The van der Waals surface area contributed by atoms with Crippen LogP contribution in [-0.2, 0) is 0 Å². The maximum Gasteiger partial charge on any atom is 0.242 e. The van der Waals surface area contributed by atoms with Gasteiger partial charge in [-0.3, -0.25) is 10.1 Å². The van der Waals surface area contributed by atoms with E-state index >= 15 is 0 Å². The number of benzene rings is 1. The third kappa shape index (κ3) is 5.19. The molecule has 0 unspecified atom stereocenters. The summed E-state index contributed by atoms with van der Waals surface area (Å²) in [4.78, 5) is 9.38. The standard InChI is InChI=1S/C13H11NO3/c1-17-13-9-7-12(8-10-13)6-4-2-3-5-11-14(15)16/h4-11H,1H3/b6-4+,11-5+. The summed E-state index contributed by atoms with van der Waals surface area (Å²) in [6.07, 6.45) is 5.44. The Kier molecular flexibility index (Phi) is 5.05. The fourth-order valence-corrected chi connectivity index (χ4v) is 1.05. The Balaban J connectivity index is 2.55. The first-order valence-electron chi connectivity index (χ1n) is 4.84. The van der Waals surface area contributed by atoms with Gasteiger partial charge in [0.2, 0.25) is 6.20 Å². The number of hydrogen-bond donors (Lipinski definition) is 0. The van der Waals surface area contributed by atoms with E-state index in [1.54, 1.807) is 13.2 Å². The van der Waals surface area contributed by atoms with Crippen molar-refractivity contribution >= 4 is 6.08 Å². The van der Waals surface area contributed by atoms with Gasteiger partial charge in [0, 0.05) is 0 Å². The molecule has 0 heterocycles. The molecule has 1 aromatic carbocycles. The Hall–Kier alpha value is -2.54. The van der Waals surface area contributed by atoms with Gasteiger partial charge in [0.05, 0.1) is 18.1 Å². The van der Waals surface area contributed by atoms with Crippen molar-refractivity contribution in [3.8, 4) is 17.6 Å². The molecule has 1 rings (SSSR count). The molecule has 17 heavy (non-hydrogen) atoms. The van der Waals surface area contributed by atoms with Crippen LogP contribution in [0.15, 0.2) is 42.6 Å². The molecule has 86 valence electrons. The minimum Gasteiger partial charge on any atom is -0.497 e. The van der Waals surface area contributed by atoms with Crippen molar-refractivity contribution in [3.05, 3.63) is 58.3 Å². The van der Waals surface area contributed by atoms with Gasteiger partial charge in [-0.2, -0.15) is 0 Å². The van der Waals surface area contributed by atoms with E-state index in [9.17, 15) is 10.1 Å². The zero-order valence-corrected chi connectivity index (χ0v) is 9.29. The second-order valence-corrected chi connectivity index (χ2v) is 3.00. The highest BCUT2D eigenvalue weighted by molar-refractivity contribution is 5.53. The summed E-state index contributed by atoms with van der Waals surface area (Å²) < 4.78 is 5.02. The van der Waals surface area contributed by atoms with Gasteiger partial charge in [-0.1, -0.05) is 24.0 Å². The summed E-state index contributed by atoms with van der Waals surface area (Å²) in [6, 6.07) is 7.48. The molecule has 4 heteroatoms. The van der Waals surface area contributed by atoms with Crippen LogP contribution in [0.4, 0.5) is 0 Å². The Morgan fingerprint density at radius 3 is 2.47 bits per heavy atom. The Bertz CT molecular complexity index is 490. The van der Waals surface area contributed by atoms with Crippen molar-refractivity contribution in [2.75, 3.05) is 7.11 Å². The molecule has 4 nitrogen and oxygen atoms in total. The van der Waals surface area contributed by atoms with E-state index in [-0.39, 0.29) is 0 Å².